The molecule has 0 atom stereocenters. The van der Waals surface area contributed by atoms with Crippen molar-refractivity contribution in [2.75, 3.05) is 11.9 Å². The van der Waals surface area contributed by atoms with Crippen molar-refractivity contribution in [3.8, 4) is 5.75 Å². The molecule has 0 heterocycles. The van der Waals surface area contributed by atoms with Crippen molar-refractivity contribution in [2.24, 2.45) is 0 Å². The lowest BCUT2D eigenvalue weighted by atomic mass is 10.1. The van der Waals surface area contributed by atoms with E-state index in [-0.39, 0.29) is 17.6 Å². The van der Waals surface area contributed by atoms with E-state index in [1.54, 1.807) is 6.07 Å². The van der Waals surface area contributed by atoms with Gasteiger partial charge in [-0.05, 0) is 73.9 Å². The van der Waals surface area contributed by atoms with E-state index in [2.05, 4.69) is 10.6 Å². The largest absolute Gasteiger partial charge is 0.483 e. The van der Waals surface area contributed by atoms with E-state index in [9.17, 15) is 4.79 Å². The molecule has 1 amide bonds. The Morgan fingerprint density at radius 1 is 1.12 bits per heavy atom. The number of nitrogens with one attached hydrogen (secondary N) is 2. The van der Waals surface area contributed by atoms with Gasteiger partial charge in [0.25, 0.3) is 5.91 Å². The minimum absolute atomic E-state index is 0.105. The Hall–Kier alpha value is -2.11. The number of carbonyl (C=O) groups excluding carboxylic acids is 1. The van der Waals surface area contributed by atoms with Gasteiger partial charge < -0.3 is 10.1 Å². The van der Waals surface area contributed by atoms with Gasteiger partial charge in [-0.2, -0.15) is 0 Å². The third kappa shape index (κ3) is 5.22. The number of hydrogen-bond donors (Lipinski definition) is 2. The number of carbonyl (C=O) groups is 1. The number of thiocarbonyl (C=S) groups is 1. The molecule has 4 nitrogen and oxygen atoms in total. The zero-order valence-electron chi connectivity index (χ0n) is 13.8. The summed E-state index contributed by atoms with van der Waals surface area (Å²) in [6, 6.07) is 11.2. The van der Waals surface area contributed by atoms with Crippen molar-refractivity contribution < 1.29 is 9.53 Å². The highest BCUT2D eigenvalue weighted by Gasteiger charge is 2.08. The fraction of sp³-hybridized carbons (Fsp3) is 0.222. The fourth-order valence-corrected chi connectivity index (χ4v) is 2.54. The van der Waals surface area contributed by atoms with E-state index in [0.717, 1.165) is 22.4 Å². The van der Waals surface area contributed by atoms with Crippen molar-refractivity contribution in [3.05, 3.63) is 58.1 Å². The van der Waals surface area contributed by atoms with Crippen LogP contribution in [0.2, 0.25) is 5.02 Å². The van der Waals surface area contributed by atoms with Crippen molar-refractivity contribution in [3.63, 3.8) is 0 Å². The van der Waals surface area contributed by atoms with E-state index >= 15 is 0 Å². The van der Waals surface area contributed by atoms with Crippen LogP contribution < -0.4 is 15.4 Å². The number of halogens is 1. The van der Waals surface area contributed by atoms with Crippen LogP contribution in [0.25, 0.3) is 0 Å². The highest BCUT2D eigenvalue weighted by atomic mass is 35.5. The molecular weight excluding hydrogens is 344 g/mol. The summed E-state index contributed by atoms with van der Waals surface area (Å²) < 4.78 is 5.55. The first-order valence-electron chi connectivity index (χ1n) is 7.42. The first-order chi connectivity index (χ1) is 11.3. The van der Waals surface area contributed by atoms with Crippen molar-refractivity contribution >= 4 is 40.5 Å². The van der Waals surface area contributed by atoms with E-state index in [1.165, 1.54) is 0 Å². The summed E-state index contributed by atoms with van der Waals surface area (Å²) in [5.74, 6) is 0.373. The van der Waals surface area contributed by atoms with E-state index < -0.39 is 0 Å². The number of hydrogen-bond acceptors (Lipinski definition) is 3. The van der Waals surface area contributed by atoms with Crippen molar-refractivity contribution in [1.82, 2.24) is 5.32 Å². The average molecular weight is 363 g/mol. The maximum absolute atomic E-state index is 12.0. The van der Waals surface area contributed by atoms with Crippen molar-refractivity contribution in [2.45, 2.75) is 20.8 Å². The van der Waals surface area contributed by atoms with E-state index in [1.807, 2.05) is 51.1 Å². The van der Waals surface area contributed by atoms with Gasteiger partial charge in [0.15, 0.2) is 11.7 Å². The molecule has 0 bridgehead atoms. The zero-order chi connectivity index (χ0) is 17.7. The SMILES string of the molecule is Cc1ccc(C)c(OCC(=O)NC(=S)Nc2ccc(Cl)cc2C)c1. The van der Waals surface area contributed by atoms with Crippen LogP contribution in [0, 0.1) is 20.8 Å². The average Bonchev–Trinajstić information content (AvgIpc) is 2.51. The monoisotopic (exact) mass is 362 g/mol. The first kappa shape index (κ1) is 18.2. The standard InChI is InChI=1S/C18H19ClN2O2S/c1-11-4-5-12(2)16(8-11)23-10-17(22)21-18(24)20-15-7-6-14(19)9-13(15)3/h4-9H,10H2,1-3H3,(H2,20,21,22,24). The second kappa shape index (κ2) is 8.13. The fourth-order valence-electron chi connectivity index (χ4n) is 2.09. The number of anilines is 1. The predicted molar refractivity (Wildman–Crippen MR) is 102 cm³/mol. The summed E-state index contributed by atoms with van der Waals surface area (Å²) in [6.45, 7) is 5.70. The molecule has 2 aromatic carbocycles. The van der Waals surface area contributed by atoms with Gasteiger partial charge in [-0.1, -0.05) is 23.7 Å². The van der Waals surface area contributed by atoms with Crippen LogP contribution in [-0.4, -0.2) is 17.6 Å². The van der Waals surface area contributed by atoms with Crippen LogP contribution in [0.5, 0.6) is 5.75 Å². The van der Waals surface area contributed by atoms with Gasteiger partial charge in [-0.15, -0.1) is 0 Å². The van der Waals surface area contributed by atoms with Crippen LogP contribution >= 0.6 is 23.8 Å². The quantitative estimate of drug-likeness (QED) is 0.802. The van der Waals surface area contributed by atoms with Crippen molar-refractivity contribution in [1.29, 1.82) is 0 Å². The number of benzene rings is 2. The third-order valence-electron chi connectivity index (χ3n) is 3.39. The molecular formula is C18H19ClN2O2S. The minimum atomic E-state index is -0.319. The molecule has 0 aliphatic carbocycles. The minimum Gasteiger partial charge on any atom is -0.483 e. The van der Waals surface area contributed by atoms with Gasteiger partial charge in [-0.25, -0.2) is 0 Å². The molecule has 0 radical (unpaired) electrons. The maximum atomic E-state index is 12.0. The van der Waals surface area contributed by atoms with Gasteiger partial charge in [0, 0.05) is 10.7 Å². The Labute approximate surface area is 152 Å². The molecule has 0 aliphatic rings. The van der Waals surface area contributed by atoms with Gasteiger partial charge in [-0.3, -0.25) is 10.1 Å². The van der Waals surface area contributed by atoms with Gasteiger partial charge in [0.2, 0.25) is 0 Å². The lowest BCUT2D eigenvalue weighted by Gasteiger charge is -2.13. The van der Waals surface area contributed by atoms with Gasteiger partial charge in [0.1, 0.15) is 5.75 Å². The summed E-state index contributed by atoms with van der Waals surface area (Å²) in [5, 5.41) is 6.44. The Morgan fingerprint density at radius 3 is 2.58 bits per heavy atom. The van der Waals surface area contributed by atoms with Crippen LogP contribution in [0.3, 0.4) is 0 Å². The highest BCUT2D eigenvalue weighted by molar-refractivity contribution is 7.80. The molecule has 0 saturated heterocycles. The summed E-state index contributed by atoms with van der Waals surface area (Å²) in [5.41, 5.74) is 3.78. The number of ether oxygens (including phenoxy) is 1. The van der Waals surface area contributed by atoms with Gasteiger partial charge >= 0.3 is 0 Å². The molecule has 2 aromatic rings. The topological polar surface area (TPSA) is 50.4 Å². The normalized spacial score (nSPS) is 10.2. The van der Waals surface area contributed by atoms with Crippen LogP contribution in [-0.2, 0) is 4.79 Å². The number of rotatable bonds is 4. The van der Waals surface area contributed by atoms with Crippen LogP contribution in [0.4, 0.5) is 5.69 Å². The molecule has 24 heavy (non-hydrogen) atoms. The summed E-state index contributed by atoms with van der Waals surface area (Å²) >= 11 is 11.1. The maximum Gasteiger partial charge on any atom is 0.264 e. The van der Waals surface area contributed by atoms with Gasteiger partial charge in [0.05, 0.1) is 0 Å². The molecule has 0 aromatic heterocycles. The molecule has 0 aliphatic heterocycles. The molecule has 0 unspecified atom stereocenters. The van der Waals surface area contributed by atoms with Crippen LogP contribution in [0.1, 0.15) is 16.7 Å². The lowest BCUT2D eigenvalue weighted by molar-refractivity contribution is -0.121. The molecule has 126 valence electrons. The predicted octanol–water partition coefficient (Wildman–Crippen LogP) is 4.16. The zero-order valence-corrected chi connectivity index (χ0v) is 15.3. The Balaban J connectivity index is 1.87. The smallest absolute Gasteiger partial charge is 0.264 e. The number of aryl methyl sites for hydroxylation is 3. The Kier molecular flexibility index (Phi) is 6.17. The third-order valence-corrected chi connectivity index (χ3v) is 3.83. The second-order valence-electron chi connectivity index (χ2n) is 5.52. The highest BCUT2D eigenvalue weighted by Crippen LogP contribution is 2.20. The first-order valence-corrected chi connectivity index (χ1v) is 8.21. The molecule has 0 saturated carbocycles. The molecule has 2 N–H and O–H groups in total. The molecule has 0 spiro atoms. The molecule has 6 heteroatoms. The molecule has 2 rings (SSSR count). The molecule has 0 fully saturated rings. The summed E-state index contributed by atoms with van der Waals surface area (Å²) in [4.78, 5) is 12.0. The second-order valence-corrected chi connectivity index (χ2v) is 6.36. The van der Waals surface area contributed by atoms with Crippen LogP contribution in [0.15, 0.2) is 36.4 Å². The summed E-state index contributed by atoms with van der Waals surface area (Å²) in [7, 11) is 0. The van der Waals surface area contributed by atoms with E-state index in [0.29, 0.717) is 10.8 Å². The van der Waals surface area contributed by atoms with E-state index in [4.69, 9.17) is 28.6 Å². The lowest BCUT2D eigenvalue weighted by Crippen LogP contribution is -2.37. The number of amides is 1. The Bertz CT molecular complexity index is 778. The summed E-state index contributed by atoms with van der Waals surface area (Å²) in [6.07, 6.45) is 0. The Morgan fingerprint density at radius 2 is 1.88 bits per heavy atom.